The van der Waals surface area contributed by atoms with Crippen molar-refractivity contribution >= 4 is 17.2 Å². The predicted molar refractivity (Wildman–Crippen MR) is 119 cm³/mol. The second kappa shape index (κ2) is 9.40. The SMILES string of the molecule is CN1CCN(c2cc(N=C(c3ccccc3)c3ccccc3)c(OC(F)(F)F)cn2)CC1. The number of anilines is 1. The van der Waals surface area contributed by atoms with E-state index in [9.17, 15) is 13.2 Å². The summed E-state index contributed by atoms with van der Waals surface area (Å²) in [7, 11) is 2.03. The first-order chi connectivity index (χ1) is 15.4. The highest BCUT2D eigenvalue weighted by Gasteiger charge is 2.33. The number of ether oxygens (including phenoxy) is 1. The first kappa shape index (κ1) is 21.8. The zero-order valence-electron chi connectivity index (χ0n) is 17.6. The van der Waals surface area contributed by atoms with Crippen molar-refractivity contribution in [1.82, 2.24) is 9.88 Å². The van der Waals surface area contributed by atoms with E-state index in [4.69, 9.17) is 0 Å². The highest BCUT2D eigenvalue weighted by Crippen LogP contribution is 2.35. The van der Waals surface area contributed by atoms with Crippen LogP contribution < -0.4 is 9.64 Å². The molecule has 32 heavy (non-hydrogen) atoms. The lowest BCUT2D eigenvalue weighted by atomic mass is 10.0. The van der Waals surface area contributed by atoms with Crippen molar-refractivity contribution in [1.29, 1.82) is 0 Å². The van der Waals surface area contributed by atoms with E-state index in [1.807, 2.05) is 72.6 Å². The molecule has 1 saturated heterocycles. The van der Waals surface area contributed by atoms with Crippen LogP contribution in [0, 0.1) is 0 Å². The van der Waals surface area contributed by atoms with E-state index < -0.39 is 12.1 Å². The van der Waals surface area contributed by atoms with E-state index in [1.54, 1.807) is 6.07 Å². The fraction of sp³-hybridized carbons (Fsp3) is 0.250. The number of hydrogen-bond donors (Lipinski definition) is 0. The van der Waals surface area contributed by atoms with Crippen molar-refractivity contribution in [2.24, 2.45) is 4.99 Å². The Morgan fingerprint density at radius 3 is 2.00 bits per heavy atom. The predicted octanol–water partition coefficient (Wildman–Crippen LogP) is 4.90. The second-order valence-corrected chi connectivity index (χ2v) is 7.54. The smallest absolute Gasteiger partial charge is 0.402 e. The number of rotatable bonds is 5. The van der Waals surface area contributed by atoms with Gasteiger partial charge in [0, 0.05) is 43.4 Å². The molecule has 1 fully saturated rings. The molecule has 0 radical (unpaired) electrons. The van der Waals surface area contributed by atoms with E-state index in [2.05, 4.69) is 19.6 Å². The molecule has 0 bridgehead atoms. The maximum absolute atomic E-state index is 13.1. The summed E-state index contributed by atoms with van der Waals surface area (Å²) in [5.74, 6) is 0.145. The number of aliphatic imine (C=N–C) groups is 1. The van der Waals surface area contributed by atoms with Gasteiger partial charge in [0.05, 0.1) is 11.9 Å². The number of alkyl halides is 3. The molecule has 166 valence electrons. The lowest BCUT2D eigenvalue weighted by Gasteiger charge is -2.33. The van der Waals surface area contributed by atoms with Gasteiger partial charge < -0.3 is 14.5 Å². The van der Waals surface area contributed by atoms with Crippen molar-refractivity contribution < 1.29 is 17.9 Å². The molecule has 2 heterocycles. The van der Waals surface area contributed by atoms with Crippen LogP contribution in [0.2, 0.25) is 0 Å². The molecule has 5 nitrogen and oxygen atoms in total. The fourth-order valence-electron chi connectivity index (χ4n) is 3.53. The van der Waals surface area contributed by atoms with Gasteiger partial charge in [-0.05, 0) is 7.05 Å². The van der Waals surface area contributed by atoms with Crippen LogP contribution in [0.4, 0.5) is 24.7 Å². The Morgan fingerprint density at radius 1 is 0.906 bits per heavy atom. The number of benzene rings is 2. The molecule has 3 aromatic rings. The minimum Gasteiger partial charge on any atom is -0.402 e. The van der Waals surface area contributed by atoms with Gasteiger partial charge in [0.25, 0.3) is 0 Å². The Kier molecular flexibility index (Phi) is 6.41. The van der Waals surface area contributed by atoms with Gasteiger partial charge in [-0.3, -0.25) is 0 Å². The van der Waals surface area contributed by atoms with Crippen LogP contribution in [0.25, 0.3) is 0 Å². The number of pyridine rings is 1. The van der Waals surface area contributed by atoms with E-state index in [-0.39, 0.29) is 5.69 Å². The molecule has 0 spiro atoms. The Labute approximate surface area is 184 Å². The largest absolute Gasteiger partial charge is 0.573 e. The van der Waals surface area contributed by atoms with Gasteiger partial charge in [-0.15, -0.1) is 13.2 Å². The van der Waals surface area contributed by atoms with Gasteiger partial charge in [-0.1, -0.05) is 60.7 Å². The Morgan fingerprint density at radius 2 is 1.47 bits per heavy atom. The lowest BCUT2D eigenvalue weighted by molar-refractivity contribution is -0.274. The normalized spacial score (nSPS) is 14.8. The molecule has 0 amide bonds. The highest BCUT2D eigenvalue weighted by atomic mass is 19.4. The number of nitrogens with zero attached hydrogens (tertiary/aromatic N) is 4. The minimum absolute atomic E-state index is 0.0777. The first-order valence-electron chi connectivity index (χ1n) is 10.3. The molecule has 0 atom stereocenters. The van der Waals surface area contributed by atoms with Crippen molar-refractivity contribution in [3.05, 3.63) is 84.1 Å². The molecular weight excluding hydrogens is 417 g/mol. The summed E-state index contributed by atoms with van der Waals surface area (Å²) >= 11 is 0. The van der Waals surface area contributed by atoms with Gasteiger partial charge in [0.2, 0.25) is 0 Å². The first-order valence-corrected chi connectivity index (χ1v) is 10.3. The summed E-state index contributed by atoms with van der Waals surface area (Å²) in [4.78, 5) is 13.1. The number of likely N-dealkylation sites (N-methyl/N-ethyl adjacent to an activating group) is 1. The minimum atomic E-state index is -4.85. The summed E-state index contributed by atoms with van der Waals surface area (Å²) < 4.78 is 43.5. The van der Waals surface area contributed by atoms with Crippen LogP contribution in [0.3, 0.4) is 0 Å². The van der Waals surface area contributed by atoms with E-state index in [1.165, 1.54) is 0 Å². The monoisotopic (exact) mass is 440 g/mol. The zero-order chi connectivity index (χ0) is 22.6. The summed E-state index contributed by atoms with van der Waals surface area (Å²) in [5.41, 5.74) is 2.20. The van der Waals surface area contributed by atoms with Crippen LogP contribution in [0.15, 0.2) is 77.9 Å². The van der Waals surface area contributed by atoms with Crippen LogP contribution >= 0.6 is 0 Å². The average molecular weight is 440 g/mol. The van der Waals surface area contributed by atoms with Gasteiger partial charge in [-0.25, -0.2) is 9.98 Å². The van der Waals surface area contributed by atoms with E-state index >= 15 is 0 Å². The number of halogens is 3. The summed E-state index contributed by atoms with van der Waals surface area (Å²) in [6, 6.07) is 20.3. The summed E-state index contributed by atoms with van der Waals surface area (Å²) in [5, 5.41) is 0. The molecular formula is C24H23F3N4O. The third-order valence-corrected chi connectivity index (χ3v) is 5.21. The topological polar surface area (TPSA) is 41.0 Å². The van der Waals surface area contributed by atoms with Gasteiger partial charge >= 0.3 is 6.36 Å². The Hall–Kier alpha value is -3.39. The summed E-state index contributed by atoms with van der Waals surface area (Å²) in [6.07, 6.45) is -3.74. The molecule has 1 aliphatic rings. The maximum Gasteiger partial charge on any atom is 0.573 e. The Balaban J connectivity index is 1.82. The fourth-order valence-corrected chi connectivity index (χ4v) is 3.53. The zero-order valence-corrected chi connectivity index (χ0v) is 17.6. The van der Waals surface area contributed by atoms with E-state index in [0.29, 0.717) is 11.5 Å². The molecule has 0 N–H and O–H groups in total. The van der Waals surface area contributed by atoms with Crippen LogP contribution in [0.5, 0.6) is 5.75 Å². The van der Waals surface area contributed by atoms with Crippen molar-refractivity contribution in [3.8, 4) is 5.75 Å². The third-order valence-electron chi connectivity index (χ3n) is 5.21. The molecule has 0 aliphatic carbocycles. The van der Waals surface area contributed by atoms with Crippen molar-refractivity contribution in [2.45, 2.75) is 6.36 Å². The molecule has 8 heteroatoms. The van der Waals surface area contributed by atoms with Crippen LogP contribution in [-0.2, 0) is 0 Å². The van der Waals surface area contributed by atoms with Crippen molar-refractivity contribution in [2.75, 3.05) is 38.1 Å². The average Bonchev–Trinajstić information content (AvgIpc) is 2.79. The molecule has 0 saturated carbocycles. The van der Waals surface area contributed by atoms with Gasteiger partial charge in [0.15, 0.2) is 5.75 Å². The van der Waals surface area contributed by atoms with Gasteiger partial charge in [0.1, 0.15) is 11.5 Å². The Bertz CT molecular complexity index is 1020. The molecule has 2 aromatic carbocycles. The van der Waals surface area contributed by atoms with Crippen LogP contribution in [-0.4, -0.2) is 55.2 Å². The number of aromatic nitrogens is 1. The number of piperazine rings is 1. The summed E-state index contributed by atoms with van der Waals surface area (Å²) in [6.45, 7) is 3.16. The third kappa shape index (κ3) is 5.45. The van der Waals surface area contributed by atoms with E-state index in [0.717, 1.165) is 43.5 Å². The molecule has 1 aromatic heterocycles. The van der Waals surface area contributed by atoms with Gasteiger partial charge in [-0.2, -0.15) is 0 Å². The maximum atomic E-state index is 13.1. The standard InChI is InChI=1S/C24H23F3N4O/c1-30-12-14-31(15-13-30)22-16-20(21(17-28-22)32-24(25,26)27)29-23(18-8-4-2-5-9-18)19-10-6-3-7-11-19/h2-11,16-17H,12-15H2,1H3. The molecule has 4 rings (SSSR count). The molecule has 0 unspecified atom stereocenters. The molecule has 1 aliphatic heterocycles. The lowest BCUT2D eigenvalue weighted by Crippen LogP contribution is -2.44. The quantitative estimate of drug-likeness (QED) is 0.529. The highest BCUT2D eigenvalue weighted by molar-refractivity contribution is 6.14. The second-order valence-electron chi connectivity index (χ2n) is 7.54. The van der Waals surface area contributed by atoms with Crippen LogP contribution in [0.1, 0.15) is 11.1 Å². The number of hydrogen-bond acceptors (Lipinski definition) is 5. The van der Waals surface area contributed by atoms with Crippen molar-refractivity contribution in [3.63, 3.8) is 0 Å².